The second-order valence-electron chi connectivity index (χ2n) is 4.30. The van der Waals surface area contributed by atoms with E-state index >= 15 is 0 Å². The lowest BCUT2D eigenvalue weighted by Gasteiger charge is -2.16. The third-order valence-corrected chi connectivity index (χ3v) is 4.38. The molecule has 0 amide bonds. The zero-order valence-corrected chi connectivity index (χ0v) is 13.1. The number of hydrogen-bond donors (Lipinski definition) is 1. The van der Waals surface area contributed by atoms with Crippen molar-refractivity contribution in [2.24, 2.45) is 0 Å². The van der Waals surface area contributed by atoms with Gasteiger partial charge in [0, 0.05) is 38.5 Å². The average molecular weight is 346 g/mol. The normalized spacial score (nSPS) is 11.1. The Balaban J connectivity index is 2.00. The minimum atomic E-state index is 0.692. The van der Waals surface area contributed by atoms with Gasteiger partial charge in [0.1, 0.15) is 0 Å². The van der Waals surface area contributed by atoms with Crippen molar-refractivity contribution in [1.82, 2.24) is 4.90 Å². The van der Waals surface area contributed by atoms with E-state index < -0.39 is 0 Å². The number of nitrogen functional groups attached to an aromatic ring is 1. The number of nitrogens with zero attached hydrogens (tertiary/aromatic N) is 1. The molecule has 1 aromatic heterocycles. The molecule has 1 heterocycles. The summed E-state index contributed by atoms with van der Waals surface area (Å²) in [6, 6.07) is 7.83. The molecule has 2 aromatic rings. The van der Waals surface area contributed by atoms with E-state index in [0.717, 1.165) is 23.1 Å². The van der Waals surface area contributed by atoms with Crippen LogP contribution in [-0.2, 0) is 13.1 Å². The molecule has 0 atom stereocenters. The minimum Gasteiger partial charge on any atom is -0.399 e. The number of thiophene rings is 1. The van der Waals surface area contributed by atoms with Gasteiger partial charge in [-0.05, 0) is 52.8 Å². The molecule has 0 spiro atoms. The molecule has 0 saturated heterocycles. The van der Waals surface area contributed by atoms with Gasteiger partial charge in [0.2, 0.25) is 0 Å². The van der Waals surface area contributed by atoms with Gasteiger partial charge in [-0.2, -0.15) is 0 Å². The van der Waals surface area contributed by atoms with E-state index in [0.29, 0.717) is 10.7 Å². The van der Waals surface area contributed by atoms with E-state index in [2.05, 4.69) is 39.3 Å². The first-order valence-corrected chi connectivity index (χ1v) is 7.54. The fourth-order valence-corrected chi connectivity index (χ4v) is 3.63. The molecule has 1 aromatic carbocycles. The lowest BCUT2D eigenvalue weighted by molar-refractivity contribution is 0.322. The summed E-state index contributed by atoms with van der Waals surface area (Å²) in [5, 5.41) is 2.79. The van der Waals surface area contributed by atoms with Crippen LogP contribution in [0.1, 0.15) is 10.4 Å². The molecular formula is C13H14BrClN2S. The van der Waals surface area contributed by atoms with Crippen molar-refractivity contribution in [2.45, 2.75) is 13.1 Å². The summed E-state index contributed by atoms with van der Waals surface area (Å²) in [4.78, 5) is 3.57. The van der Waals surface area contributed by atoms with Crippen LogP contribution in [0.2, 0.25) is 5.02 Å². The molecule has 0 saturated carbocycles. The summed E-state index contributed by atoms with van der Waals surface area (Å²) in [5.41, 5.74) is 7.63. The van der Waals surface area contributed by atoms with Crippen LogP contribution in [0.5, 0.6) is 0 Å². The van der Waals surface area contributed by atoms with Gasteiger partial charge in [-0.25, -0.2) is 0 Å². The molecule has 0 aliphatic carbocycles. The second-order valence-corrected chi connectivity index (χ2v) is 6.64. The Labute approximate surface area is 124 Å². The van der Waals surface area contributed by atoms with Gasteiger partial charge in [-0.1, -0.05) is 11.6 Å². The smallest absolute Gasteiger partial charge is 0.0429 e. The molecule has 0 aliphatic rings. The third-order valence-electron chi connectivity index (χ3n) is 2.48. The zero-order chi connectivity index (χ0) is 13.1. The maximum absolute atomic E-state index is 5.99. The highest BCUT2D eigenvalue weighted by molar-refractivity contribution is 9.10. The Kier molecular flexibility index (Phi) is 4.67. The Bertz CT molecular complexity index is 521. The number of hydrogen-bond acceptors (Lipinski definition) is 3. The number of anilines is 1. The van der Waals surface area contributed by atoms with Crippen molar-refractivity contribution in [2.75, 3.05) is 12.8 Å². The molecule has 0 fully saturated rings. The Morgan fingerprint density at radius 1 is 1.28 bits per heavy atom. The van der Waals surface area contributed by atoms with Crippen LogP contribution in [-0.4, -0.2) is 11.9 Å². The van der Waals surface area contributed by atoms with Crippen LogP contribution in [0, 0.1) is 0 Å². The first-order chi connectivity index (χ1) is 8.52. The zero-order valence-electron chi connectivity index (χ0n) is 9.99. The van der Waals surface area contributed by atoms with Gasteiger partial charge in [-0.15, -0.1) is 11.3 Å². The van der Waals surface area contributed by atoms with E-state index in [9.17, 15) is 0 Å². The van der Waals surface area contributed by atoms with Crippen molar-refractivity contribution in [3.8, 4) is 0 Å². The molecule has 0 unspecified atom stereocenters. The van der Waals surface area contributed by atoms with Crippen LogP contribution < -0.4 is 5.73 Å². The van der Waals surface area contributed by atoms with Crippen LogP contribution in [0.3, 0.4) is 0 Å². The fraction of sp³-hybridized carbons (Fsp3) is 0.231. The third kappa shape index (κ3) is 3.99. The lowest BCUT2D eigenvalue weighted by atomic mass is 10.2. The standard InChI is InChI=1S/C13H14BrClN2S/c1-17(7-13-4-10(14)8-18-13)6-9-2-11(15)5-12(16)3-9/h2-5,8H,6-7,16H2,1H3. The summed E-state index contributed by atoms with van der Waals surface area (Å²) in [6.07, 6.45) is 0. The van der Waals surface area contributed by atoms with Gasteiger partial charge < -0.3 is 5.73 Å². The van der Waals surface area contributed by atoms with Gasteiger partial charge in [-0.3, -0.25) is 4.90 Å². The van der Waals surface area contributed by atoms with Crippen molar-refractivity contribution < 1.29 is 0 Å². The van der Waals surface area contributed by atoms with Gasteiger partial charge in [0.05, 0.1) is 0 Å². The maximum Gasteiger partial charge on any atom is 0.0429 e. The monoisotopic (exact) mass is 344 g/mol. The molecule has 2 rings (SSSR count). The number of rotatable bonds is 4. The summed E-state index contributed by atoms with van der Waals surface area (Å²) in [6.45, 7) is 1.75. The maximum atomic E-state index is 5.99. The number of benzene rings is 1. The topological polar surface area (TPSA) is 29.3 Å². The van der Waals surface area contributed by atoms with E-state index in [4.69, 9.17) is 17.3 Å². The van der Waals surface area contributed by atoms with E-state index in [-0.39, 0.29) is 0 Å². The van der Waals surface area contributed by atoms with Crippen LogP contribution >= 0.6 is 38.9 Å². The summed E-state index contributed by atoms with van der Waals surface area (Å²) >= 11 is 11.2. The Morgan fingerprint density at radius 3 is 2.67 bits per heavy atom. The SMILES string of the molecule is CN(Cc1cc(N)cc(Cl)c1)Cc1cc(Br)cs1. The highest BCUT2D eigenvalue weighted by Crippen LogP contribution is 2.22. The molecule has 2 N–H and O–H groups in total. The van der Waals surface area contributed by atoms with Crippen LogP contribution in [0.25, 0.3) is 0 Å². The van der Waals surface area contributed by atoms with Crippen molar-refractivity contribution in [1.29, 1.82) is 0 Å². The highest BCUT2D eigenvalue weighted by atomic mass is 79.9. The van der Waals surface area contributed by atoms with E-state index in [1.807, 2.05) is 12.1 Å². The molecule has 0 radical (unpaired) electrons. The predicted molar refractivity (Wildman–Crippen MR) is 83.1 cm³/mol. The van der Waals surface area contributed by atoms with Crippen molar-refractivity contribution in [3.05, 3.63) is 49.6 Å². The van der Waals surface area contributed by atoms with Crippen molar-refractivity contribution >= 4 is 44.6 Å². The Hall–Kier alpha value is -0.550. The molecule has 0 aliphatic heterocycles. The molecular weight excluding hydrogens is 332 g/mol. The summed E-state index contributed by atoms with van der Waals surface area (Å²) in [5.74, 6) is 0. The summed E-state index contributed by atoms with van der Waals surface area (Å²) in [7, 11) is 2.09. The summed E-state index contributed by atoms with van der Waals surface area (Å²) < 4.78 is 1.14. The molecule has 96 valence electrons. The first kappa shape index (κ1) is 13.9. The highest BCUT2D eigenvalue weighted by Gasteiger charge is 2.05. The molecule has 0 bridgehead atoms. The molecule has 2 nitrogen and oxygen atoms in total. The van der Waals surface area contributed by atoms with E-state index in [1.54, 1.807) is 17.4 Å². The van der Waals surface area contributed by atoms with Gasteiger partial charge in [0.25, 0.3) is 0 Å². The molecule has 18 heavy (non-hydrogen) atoms. The number of halogens is 2. The quantitative estimate of drug-likeness (QED) is 0.833. The van der Waals surface area contributed by atoms with Gasteiger partial charge >= 0.3 is 0 Å². The Morgan fingerprint density at radius 2 is 2.06 bits per heavy atom. The fourth-order valence-electron chi connectivity index (χ4n) is 1.84. The lowest BCUT2D eigenvalue weighted by Crippen LogP contribution is -2.16. The number of nitrogens with two attached hydrogens (primary N) is 1. The second kappa shape index (κ2) is 6.06. The molecule has 5 heteroatoms. The first-order valence-electron chi connectivity index (χ1n) is 5.49. The predicted octanol–water partition coefficient (Wildman–Crippen LogP) is 4.38. The van der Waals surface area contributed by atoms with Gasteiger partial charge in [0.15, 0.2) is 0 Å². The largest absolute Gasteiger partial charge is 0.399 e. The van der Waals surface area contributed by atoms with Crippen LogP contribution in [0.15, 0.2) is 34.1 Å². The average Bonchev–Trinajstić information content (AvgIpc) is 2.61. The van der Waals surface area contributed by atoms with Crippen molar-refractivity contribution in [3.63, 3.8) is 0 Å². The minimum absolute atomic E-state index is 0.692. The van der Waals surface area contributed by atoms with Crippen LogP contribution in [0.4, 0.5) is 5.69 Å². The van der Waals surface area contributed by atoms with E-state index in [1.165, 1.54) is 4.88 Å².